The third kappa shape index (κ3) is 6.18. The Morgan fingerprint density at radius 3 is 2.26 bits per heavy atom. The first-order valence-electron chi connectivity index (χ1n) is 13.4. The van der Waals surface area contributed by atoms with E-state index in [0.29, 0.717) is 18.6 Å². The number of carbonyl (C=O) groups excluding carboxylic acids is 5. The van der Waals surface area contributed by atoms with Crippen LogP contribution in [0.3, 0.4) is 0 Å². The fraction of sp³-hybridized carbons (Fsp3) is 0.219. The van der Waals surface area contributed by atoms with Crippen molar-refractivity contribution < 1.29 is 33.4 Å². The predicted molar refractivity (Wildman–Crippen MR) is 158 cm³/mol. The summed E-state index contributed by atoms with van der Waals surface area (Å²) in [7, 11) is 1.49. The summed E-state index contributed by atoms with van der Waals surface area (Å²) in [6, 6.07) is 16.3. The van der Waals surface area contributed by atoms with Gasteiger partial charge in [0.05, 0.1) is 34.6 Å². The molecule has 43 heavy (non-hydrogen) atoms. The van der Waals surface area contributed by atoms with Crippen LogP contribution in [0.4, 0.5) is 0 Å². The number of hydrogen-bond acceptors (Lipinski definition) is 7. The summed E-state index contributed by atoms with van der Waals surface area (Å²) in [5, 5.41) is 1.99. The smallest absolute Gasteiger partial charge is 0.343 e. The number of hydrazine groups is 1. The van der Waals surface area contributed by atoms with E-state index in [0.717, 1.165) is 15.6 Å². The lowest BCUT2D eigenvalue weighted by molar-refractivity contribution is -0.154. The second-order valence-electron chi connectivity index (χ2n) is 10.3. The largest absolute Gasteiger partial charge is 0.497 e. The van der Waals surface area contributed by atoms with Crippen molar-refractivity contribution in [3.63, 3.8) is 0 Å². The molecule has 1 saturated heterocycles. The molecular weight excluding hydrogens is 595 g/mol. The number of ether oxygens (including phenoxy) is 2. The van der Waals surface area contributed by atoms with Gasteiger partial charge in [-0.15, -0.1) is 0 Å². The summed E-state index contributed by atoms with van der Waals surface area (Å²) < 4.78 is 10.5. The Bertz CT molecular complexity index is 1670. The number of methoxy groups -OCH3 is 1. The van der Waals surface area contributed by atoms with Crippen LogP contribution in [0.15, 0.2) is 78.4 Å². The minimum absolute atomic E-state index is 0.0479. The Labute approximate surface area is 257 Å². The number of hydrogen-bond donors (Lipinski definition) is 0. The molecule has 0 saturated carbocycles. The molecule has 0 spiro atoms. The topological polar surface area (TPSA) is 110 Å². The van der Waals surface area contributed by atoms with Gasteiger partial charge in [-0.2, -0.15) is 5.01 Å². The molecule has 220 valence electrons. The minimum Gasteiger partial charge on any atom is -0.497 e. The van der Waals surface area contributed by atoms with E-state index in [-0.39, 0.29) is 32.5 Å². The SMILES string of the molecule is COc1cccc(C(=O)Oc2ccc(C(=O)CN(C(=O)c3ccc(Cl)c(Cl)c3)N3C(=O)[C@H]4CC(C)=CC[C@H]4C3=O)cc2)c1. The van der Waals surface area contributed by atoms with Gasteiger partial charge in [-0.05, 0) is 80.4 Å². The molecule has 2 aliphatic rings. The van der Waals surface area contributed by atoms with Crippen molar-refractivity contribution in [1.82, 2.24) is 10.0 Å². The van der Waals surface area contributed by atoms with Gasteiger partial charge in [-0.25, -0.2) is 9.80 Å². The number of ketones is 1. The van der Waals surface area contributed by atoms with Crippen molar-refractivity contribution in [3.05, 3.63) is 105 Å². The summed E-state index contributed by atoms with van der Waals surface area (Å²) >= 11 is 12.2. The Morgan fingerprint density at radius 1 is 0.860 bits per heavy atom. The lowest BCUT2D eigenvalue weighted by Crippen LogP contribution is -2.52. The number of halogens is 2. The number of rotatable bonds is 8. The van der Waals surface area contributed by atoms with Gasteiger partial charge in [0.2, 0.25) is 0 Å². The minimum atomic E-state index is -0.763. The average Bonchev–Trinajstić information content (AvgIpc) is 3.25. The summed E-state index contributed by atoms with van der Waals surface area (Å²) in [6.45, 7) is 1.28. The highest BCUT2D eigenvalue weighted by molar-refractivity contribution is 6.42. The van der Waals surface area contributed by atoms with Crippen molar-refractivity contribution in [2.75, 3.05) is 13.7 Å². The van der Waals surface area contributed by atoms with E-state index in [2.05, 4.69) is 0 Å². The number of esters is 1. The van der Waals surface area contributed by atoms with Gasteiger partial charge >= 0.3 is 5.97 Å². The standard InChI is InChI=1S/C32H26Cl2N2O7/c1-18-6-12-24-25(14-18)31(40)36(30(24)39)35(29(38)20-9-13-26(33)27(34)16-20)17-28(37)19-7-10-22(11-8-19)43-32(41)21-4-3-5-23(15-21)42-2/h3-11,13,15-16,24-25H,12,14,17H2,1-2H3/t24-,25+/m1/s1. The summed E-state index contributed by atoms with van der Waals surface area (Å²) in [6.07, 6.45) is 2.68. The fourth-order valence-corrected chi connectivity index (χ4v) is 5.42. The highest BCUT2D eigenvalue weighted by atomic mass is 35.5. The van der Waals surface area contributed by atoms with Crippen LogP contribution in [0.5, 0.6) is 11.5 Å². The van der Waals surface area contributed by atoms with Crippen LogP contribution in [0.2, 0.25) is 10.0 Å². The normalized spacial score (nSPS) is 17.7. The van der Waals surface area contributed by atoms with E-state index >= 15 is 0 Å². The number of amides is 3. The highest BCUT2D eigenvalue weighted by Gasteiger charge is 2.51. The number of Topliss-reactive ketones (excluding diaryl/α,β-unsaturated/α-hetero) is 1. The maximum Gasteiger partial charge on any atom is 0.343 e. The van der Waals surface area contributed by atoms with Crippen molar-refractivity contribution in [2.45, 2.75) is 19.8 Å². The predicted octanol–water partition coefficient (Wildman–Crippen LogP) is 5.80. The molecule has 2 atom stereocenters. The Hall–Kier alpha value is -4.47. The first-order chi connectivity index (χ1) is 20.6. The number of imide groups is 1. The number of fused-ring (bicyclic) bond motifs is 1. The molecule has 1 fully saturated rings. The van der Waals surface area contributed by atoms with Crippen LogP contribution in [0.25, 0.3) is 0 Å². The molecule has 0 bridgehead atoms. The summed E-state index contributed by atoms with van der Waals surface area (Å²) in [5.74, 6) is -3.56. The molecule has 3 aromatic rings. The van der Waals surface area contributed by atoms with Gasteiger partial charge < -0.3 is 9.47 Å². The van der Waals surface area contributed by atoms with E-state index in [1.54, 1.807) is 18.2 Å². The number of benzene rings is 3. The van der Waals surface area contributed by atoms with Gasteiger partial charge in [0, 0.05) is 11.1 Å². The molecule has 0 N–H and O–H groups in total. The lowest BCUT2D eigenvalue weighted by atomic mass is 9.82. The molecule has 9 nitrogen and oxygen atoms in total. The molecule has 1 aliphatic carbocycles. The Kier molecular flexibility index (Phi) is 8.66. The van der Waals surface area contributed by atoms with E-state index < -0.39 is 47.9 Å². The summed E-state index contributed by atoms with van der Waals surface area (Å²) in [4.78, 5) is 66.7. The van der Waals surface area contributed by atoms with Gasteiger partial charge in [-0.1, -0.05) is 40.9 Å². The zero-order valence-corrected chi connectivity index (χ0v) is 24.7. The second-order valence-corrected chi connectivity index (χ2v) is 11.1. The zero-order valence-electron chi connectivity index (χ0n) is 23.2. The molecule has 0 aromatic heterocycles. The average molecular weight is 621 g/mol. The molecule has 5 rings (SSSR count). The second kappa shape index (κ2) is 12.4. The van der Waals surface area contributed by atoms with Crippen LogP contribution in [0, 0.1) is 11.8 Å². The van der Waals surface area contributed by atoms with Gasteiger partial charge in [0.25, 0.3) is 17.7 Å². The maximum absolute atomic E-state index is 13.7. The quantitative estimate of drug-likeness (QED) is 0.103. The molecule has 0 radical (unpaired) electrons. The van der Waals surface area contributed by atoms with E-state index in [9.17, 15) is 24.0 Å². The molecule has 1 heterocycles. The molecule has 0 unspecified atom stereocenters. The maximum atomic E-state index is 13.7. The molecule has 3 amide bonds. The van der Waals surface area contributed by atoms with Crippen molar-refractivity contribution in [2.24, 2.45) is 11.8 Å². The van der Waals surface area contributed by atoms with Gasteiger partial charge in [0.15, 0.2) is 5.78 Å². The highest BCUT2D eigenvalue weighted by Crippen LogP contribution is 2.39. The monoisotopic (exact) mass is 620 g/mol. The lowest BCUT2D eigenvalue weighted by Gasteiger charge is -2.30. The van der Waals surface area contributed by atoms with Crippen molar-refractivity contribution in [3.8, 4) is 11.5 Å². The Balaban J connectivity index is 1.38. The van der Waals surface area contributed by atoms with Crippen LogP contribution in [0.1, 0.15) is 50.8 Å². The van der Waals surface area contributed by atoms with Gasteiger partial charge in [0.1, 0.15) is 18.0 Å². The number of nitrogens with zero attached hydrogens (tertiary/aromatic N) is 2. The third-order valence-corrected chi connectivity index (χ3v) is 8.17. The number of carbonyl (C=O) groups is 5. The van der Waals surface area contributed by atoms with Crippen LogP contribution in [-0.2, 0) is 9.59 Å². The first kappa shape index (κ1) is 30.0. The molecule has 3 aromatic carbocycles. The van der Waals surface area contributed by atoms with E-state index in [4.69, 9.17) is 32.7 Å². The van der Waals surface area contributed by atoms with Crippen LogP contribution < -0.4 is 9.47 Å². The molecule has 11 heteroatoms. The van der Waals surface area contributed by atoms with Gasteiger partial charge in [-0.3, -0.25) is 19.2 Å². The van der Waals surface area contributed by atoms with E-state index in [1.165, 1.54) is 55.6 Å². The molecular formula is C32H26Cl2N2O7. The third-order valence-electron chi connectivity index (χ3n) is 7.43. The number of allylic oxidation sites excluding steroid dienone is 2. The first-order valence-corrected chi connectivity index (χ1v) is 14.1. The zero-order chi connectivity index (χ0) is 30.8. The molecule has 1 aliphatic heterocycles. The summed E-state index contributed by atoms with van der Waals surface area (Å²) in [5.41, 5.74) is 1.48. The van der Waals surface area contributed by atoms with Crippen LogP contribution in [-0.4, -0.2) is 53.1 Å². The Morgan fingerprint density at radius 2 is 1.56 bits per heavy atom. The van der Waals surface area contributed by atoms with Crippen molar-refractivity contribution >= 4 is 52.7 Å². The van der Waals surface area contributed by atoms with E-state index in [1.807, 2.05) is 13.0 Å². The fourth-order valence-electron chi connectivity index (χ4n) is 5.12. The van der Waals surface area contributed by atoms with Crippen molar-refractivity contribution in [1.29, 1.82) is 0 Å². The van der Waals surface area contributed by atoms with Crippen LogP contribution >= 0.6 is 23.2 Å².